The largest absolute Gasteiger partial charge is 0.480 e. The minimum Gasteiger partial charge on any atom is -0.480 e. The van der Waals surface area contributed by atoms with Crippen molar-refractivity contribution in [3.63, 3.8) is 0 Å². The van der Waals surface area contributed by atoms with Crippen LogP contribution >= 0.6 is 0 Å². The van der Waals surface area contributed by atoms with E-state index in [2.05, 4.69) is 5.32 Å². The fraction of sp³-hybridized carbons (Fsp3) is 0.818. The molecule has 1 fully saturated rings. The number of amides is 1. The van der Waals surface area contributed by atoms with Crippen molar-refractivity contribution in [1.29, 1.82) is 0 Å². The molecule has 6 heteroatoms. The summed E-state index contributed by atoms with van der Waals surface area (Å²) in [6, 6.07) is -0.912. The lowest BCUT2D eigenvalue weighted by atomic mass is 10.2. The highest BCUT2D eigenvalue weighted by molar-refractivity contribution is 5.80. The summed E-state index contributed by atoms with van der Waals surface area (Å²) in [6.07, 6.45) is 0.393. The fourth-order valence-corrected chi connectivity index (χ4v) is 1.46. The molecule has 98 valence electrons. The van der Waals surface area contributed by atoms with Crippen LogP contribution in [-0.4, -0.2) is 53.3 Å². The molecular weight excluding hydrogens is 224 g/mol. The average molecular weight is 244 g/mol. The maximum absolute atomic E-state index is 11.4. The van der Waals surface area contributed by atoms with Crippen LogP contribution < -0.4 is 5.32 Å². The van der Waals surface area contributed by atoms with Crippen molar-refractivity contribution >= 4 is 12.1 Å². The Morgan fingerprint density at radius 2 is 2.00 bits per heavy atom. The zero-order chi connectivity index (χ0) is 13.1. The molecule has 0 bridgehead atoms. The van der Waals surface area contributed by atoms with Gasteiger partial charge in [-0.05, 0) is 40.3 Å². The van der Waals surface area contributed by atoms with E-state index in [0.717, 1.165) is 19.5 Å². The summed E-state index contributed by atoms with van der Waals surface area (Å²) in [6.45, 7) is 7.31. The molecule has 1 amide bonds. The van der Waals surface area contributed by atoms with Crippen LogP contribution in [0.3, 0.4) is 0 Å². The predicted molar refractivity (Wildman–Crippen MR) is 61.9 cm³/mol. The maximum atomic E-state index is 11.4. The summed E-state index contributed by atoms with van der Waals surface area (Å²) >= 11 is 0. The Bertz CT molecular complexity index is 294. The number of carboxylic acids is 1. The van der Waals surface area contributed by atoms with Crippen LogP contribution in [0.5, 0.6) is 0 Å². The van der Waals surface area contributed by atoms with Gasteiger partial charge in [0.2, 0.25) is 0 Å². The molecule has 2 N–H and O–H groups in total. The number of carbonyl (C=O) groups excluding carboxylic acids is 1. The van der Waals surface area contributed by atoms with Crippen LogP contribution in [0, 0.1) is 0 Å². The van der Waals surface area contributed by atoms with Crippen LogP contribution in [0.2, 0.25) is 0 Å². The Balaban J connectivity index is 2.42. The minimum absolute atomic E-state index is 0.328. The second kappa shape index (κ2) is 5.35. The molecule has 1 heterocycles. The van der Waals surface area contributed by atoms with Gasteiger partial charge in [0.1, 0.15) is 11.6 Å². The van der Waals surface area contributed by atoms with Crippen molar-refractivity contribution in [2.75, 3.05) is 19.6 Å². The zero-order valence-electron chi connectivity index (χ0n) is 10.5. The Morgan fingerprint density at radius 1 is 1.41 bits per heavy atom. The van der Waals surface area contributed by atoms with Gasteiger partial charge in [0, 0.05) is 6.54 Å². The van der Waals surface area contributed by atoms with Gasteiger partial charge in [-0.2, -0.15) is 0 Å². The molecule has 1 aliphatic rings. The predicted octanol–water partition coefficient (Wildman–Crippen LogP) is 0.670. The van der Waals surface area contributed by atoms with E-state index in [-0.39, 0.29) is 0 Å². The van der Waals surface area contributed by atoms with E-state index in [1.165, 1.54) is 0 Å². The number of alkyl carbamates (subject to hydrolysis) is 1. The van der Waals surface area contributed by atoms with E-state index in [0.29, 0.717) is 6.54 Å². The van der Waals surface area contributed by atoms with Crippen LogP contribution in [0.4, 0.5) is 4.79 Å². The van der Waals surface area contributed by atoms with Crippen molar-refractivity contribution in [3.8, 4) is 0 Å². The standard InChI is InChI=1S/C11H20N2O4/c1-11(2,3)17-10(16)12-8(9(14)15)7-13-5-4-6-13/h8H,4-7H2,1-3H3,(H,12,16)(H,14,15)/t8-/m0/s1. The number of carboxylic acid groups (broad SMARTS) is 1. The highest BCUT2D eigenvalue weighted by atomic mass is 16.6. The van der Waals surface area contributed by atoms with E-state index in [1.54, 1.807) is 20.8 Å². The first-order valence-corrected chi connectivity index (χ1v) is 5.72. The normalized spacial score (nSPS) is 18.1. The van der Waals surface area contributed by atoms with Crippen molar-refractivity contribution in [2.24, 2.45) is 0 Å². The summed E-state index contributed by atoms with van der Waals surface area (Å²) in [5.41, 5.74) is -0.621. The van der Waals surface area contributed by atoms with Crippen LogP contribution in [0.15, 0.2) is 0 Å². The number of hydrogen-bond acceptors (Lipinski definition) is 4. The zero-order valence-corrected chi connectivity index (χ0v) is 10.5. The molecule has 1 atom stereocenters. The topological polar surface area (TPSA) is 78.9 Å². The molecule has 1 rings (SSSR count). The summed E-state index contributed by atoms with van der Waals surface area (Å²) in [5, 5.41) is 11.4. The smallest absolute Gasteiger partial charge is 0.408 e. The number of carbonyl (C=O) groups is 2. The first-order valence-electron chi connectivity index (χ1n) is 5.72. The second-order valence-corrected chi connectivity index (χ2v) is 5.19. The molecule has 0 radical (unpaired) electrons. The molecule has 1 aliphatic heterocycles. The van der Waals surface area contributed by atoms with E-state index >= 15 is 0 Å². The number of nitrogens with zero attached hydrogens (tertiary/aromatic N) is 1. The number of nitrogens with one attached hydrogen (secondary N) is 1. The van der Waals surface area contributed by atoms with Crippen LogP contribution in [-0.2, 0) is 9.53 Å². The van der Waals surface area contributed by atoms with E-state index in [9.17, 15) is 9.59 Å². The van der Waals surface area contributed by atoms with Crippen molar-refractivity contribution < 1.29 is 19.4 Å². The number of rotatable bonds is 4. The van der Waals surface area contributed by atoms with Gasteiger partial charge in [0.05, 0.1) is 0 Å². The lowest BCUT2D eigenvalue weighted by Crippen LogP contribution is -2.52. The van der Waals surface area contributed by atoms with E-state index in [4.69, 9.17) is 9.84 Å². The van der Waals surface area contributed by atoms with Crippen LogP contribution in [0.25, 0.3) is 0 Å². The first-order chi connectivity index (χ1) is 7.78. The van der Waals surface area contributed by atoms with Crippen molar-refractivity contribution in [3.05, 3.63) is 0 Å². The Morgan fingerprint density at radius 3 is 2.35 bits per heavy atom. The molecule has 6 nitrogen and oxygen atoms in total. The highest BCUT2D eigenvalue weighted by Crippen LogP contribution is 2.09. The fourth-order valence-electron chi connectivity index (χ4n) is 1.46. The molecule has 0 aromatic heterocycles. The molecule has 0 aliphatic carbocycles. The van der Waals surface area contributed by atoms with E-state index in [1.807, 2.05) is 4.90 Å². The number of aliphatic carboxylic acids is 1. The SMILES string of the molecule is CC(C)(C)OC(=O)N[C@@H](CN1CCC1)C(=O)O. The van der Waals surface area contributed by atoms with Crippen molar-refractivity contribution in [1.82, 2.24) is 10.2 Å². The van der Waals surface area contributed by atoms with Gasteiger partial charge in [-0.1, -0.05) is 0 Å². The quantitative estimate of drug-likeness (QED) is 0.760. The van der Waals surface area contributed by atoms with E-state index < -0.39 is 23.7 Å². The van der Waals surface area contributed by atoms with Gasteiger partial charge >= 0.3 is 12.1 Å². The van der Waals surface area contributed by atoms with Gasteiger partial charge in [0.15, 0.2) is 0 Å². The molecule has 0 aromatic carbocycles. The number of ether oxygens (including phenoxy) is 1. The van der Waals surface area contributed by atoms with Gasteiger partial charge in [0.25, 0.3) is 0 Å². The summed E-state index contributed by atoms with van der Waals surface area (Å²) in [4.78, 5) is 24.4. The number of likely N-dealkylation sites (tertiary alicyclic amines) is 1. The Kier molecular flexibility index (Phi) is 4.34. The lowest BCUT2D eigenvalue weighted by Gasteiger charge is -2.33. The highest BCUT2D eigenvalue weighted by Gasteiger charge is 2.27. The van der Waals surface area contributed by atoms with Crippen molar-refractivity contribution in [2.45, 2.75) is 38.8 Å². The van der Waals surface area contributed by atoms with Gasteiger partial charge in [-0.15, -0.1) is 0 Å². The monoisotopic (exact) mass is 244 g/mol. The third kappa shape index (κ3) is 5.04. The summed E-state index contributed by atoms with van der Waals surface area (Å²) in [7, 11) is 0. The van der Waals surface area contributed by atoms with Gasteiger partial charge < -0.3 is 20.1 Å². The van der Waals surface area contributed by atoms with Gasteiger partial charge in [-0.3, -0.25) is 0 Å². The third-order valence-electron chi connectivity index (χ3n) is 2.38. The minimum atomic E-state index is -1.04. The molecular formula is C11H20N2O4. The third-order valence-corrected chi connectivity index (χ3v) is 2.38. The summed E-state index contributed by atoms with van der Waals surface area (Å²) < 4.78 is 5.02. The first kappa shape index (κ1) is 13.8. The Labute approximate surface area is 101 Å². The average Bonchev–Trinajstić information content (AvgIpc) is 2.05. The summed E-state index contributed by atoms with van der Waals surface area (Å²) in [5.74, 6) is -1.04. The van der Waals surface area contributed by atoms with Crippen LogP contribution in [0.1, 0.15) is 27.2 Å². The lowest BCUT2D eigenvalue weighted by molar-refractivity contribution is -0.140. The second-order valence-electron chi connectivity index (χ2n) is 5.19. The molecule has 17 heavy (non-hydrogen) atoms. The van der Waals surface area contributed by atoms with Gasteiger partial charge in [-0.25, -0.2) is 9.59 Å². The molecule has 0 saturated carbocycles. The number of hydrogen-bond donors (Lipinski definition) is 2. The molecule has 0 spiro atoms. The molecule has 0 aromatic rings. The Hall–Kier alpha value is -1.30. The molecule has 0 unspecified atom stereocenters. The molecule has 1 saturated heterocycles. The maximum Gasteiger partial charge on any atom is 0.408 e.